The average Bonchev–Trinajstić information content (AvgIpc) is 2.92. The molecule has 1 unspecified atom stereocenters. The summed E-state index contributed by atoms with van der Waals surface area (Å²) in [6.45, 7) is 8.59. The normalized spacial score (nSPS) is 23.3. The molecule has 24 heavy (non-hydrogen) atoms. The molecular formula is C17H33N3O4. The molecule has 4 atom stereocenters. The number of carbonyl (C=O) groups is 2. The number of ether oxygens (including phenoxy) is 2. The Labute approximate surface area is 145 Å². The van der Waals surface area contributed by atoms with Gasteiger partial charge < -0.3 is 25.8 Å². The lowest BCUT2D eigenvalue weighted by atomic mass is 10.0. The van der Waals surface area contributed by atoms with Crippen LogP contribution in [0.2, 0.25) is 0 Å². The number of nitrogens with one attached hydrogen (secondary N) is 2. The minimum atomic E-state index is -0.603. The second-order valence-corrected chi connectivity index (χ2v) is 7.31. The van der Waals surface area contributed by atoms with Gasteiger partial charge in [-0.05, 0) is 31.1 Å². The Bertz CT molecular complexity index is 415. The van der Waals surface area contributed by atoms with Gasteiger partial charge in [0.25, 0.3) is 0 Å². The fourth-order valence-corrected chi connectivity index (χ4v) is 2.82. The summed E-state index contributed by atoms with van der Waals surface area (Å²) in [7, 11) is 1.55. The zero-order valence-electron chi connectivity index (χ0n) is 15.5. The highest BCUT2D eigenvalue weighted by molar-refractivity contribution is 5.89. The third kappa shape index (κ3) is 6.75. The minimum absolute atomic E-state index is 0.196. The number of rotatable bonds is 9. The third-order valence-corrected chi connectivity index (χ3v) is 4.00. The summed E-state index contributed by atoms with van der Waals surface area (Å²) in [5.41, 5.74) is 5.92. The second-order valence-electron chi connectivity index (χ2n) is 7.31. The van der Waals surface area contributed by atoms with Crippen molar-refractivity contribution in [3.05, 3.63) is 0 Å². The maximum absolute atomic E-state index is 12.6. The highest BCUT2D eigenvalue weighted by Crippen LogP contribution is 2.15. The van der Waals surface area contributed by atoms with Gasteiger partial charge in [0.15, 0.2) is 6.29 Å². The van der Waals surface area contributed by atoms with Gasteiger partial charge in [0.05, 0.1) is 18.7 Å². The molecule has 1 aliphatic rings. The third-order valence-electron chi connectivity index (χ3n) is 4.00. The van der Waals surface area contributed by atoms with Crippen LogP contribution in [0.25, 0.3) is 0 Å². The molecule has 1 saturated heterocycles. The van der Waals surface area contributed by atoms with Crippen LogP contribution >= 0.6 is 0 Å². The first kappa shape index (κ1) is 20.9. The number of hydrogen-bond donors (Lipinski definition) is 3. The topological polar surface area (TPSA) is 103 Å². The van der Waals surface area contributed by atoms with Crippen molar-refractivity contribution in [1.29, 1.82) is 0 Å². The van der Waals surface area contributed by atoms with Crippen molar-refractivity contribution in [2.24, 2.45) is 17.6 Å². The first-order valence-corrected chi connectivity index (χ1v) is 8.75. The van der Waals surface area contributed by atoms with E-state index in [4.69, 9.17) is 15.2 Å². The molecule has 0 saturated carbocycles. The van der Waals surface area contributed by atoms with Crippen molar-refractivity contribution < 1.29 is 19.1 Å². The molecule has 2 amide bonds. The lowest BCUT2D eigenvalue weighted by Crippen LogP contribution is -2.55. The van der Waals surface area contributed by atoms with E-state index in [9.17, 15) is 9.59 Å². The summed E-state index contributed by atoms with van der Waals surface area (Å²) in [5.74, 6) is 0.0865. The Balaban J connectivity index is 2.66. The van der Waals surface area contributed by atoms with Crippen molar-refractivity contribution in [2.75, 3.05) is 13.7 Å². The molecule has 0 bridgehead atoms. The molecule has 0 aromatic heterocycles. The molecular weight excluding hydrogens is 310 g/mol. The maximum atomic E-state index is 12.6. The lowest BCUT2D eigenvalue weighted by Gasteiger charge is -2.25. The van der Waals surface area contributed by atoms with Gasteiger partial charge in [-0.25, -0.2) is 0 Å². The van der Waals surface area contributed by atoms with E-state index < -0.39 is 18.4 Å². The summed E-state index contributed by atoms with van der Waals surface area (Å²) < 4.78 is 10.6. The van der Waals surface area contributed by atoms with E-state index in [1.807, 2.05) is 27.7 Å². The zero-order valence-corrected chi connectivity index (χ0v) is 15.5. The fraction of sp³-hybridized carbons (Fsp3) is 0.882. The minimum Gasteiger partial charge on any atom is -0.354 e. The van der Waals surface area contributed by atoms with E-state index in [2.05, 4.69) is 10.6 Å². The fourth-order valence-electron chi connectivity index (χ4n) is 2.82. The van der Waals surface area contributed by atoms with Gasteiger partial charge in [0.2, 0.25) is 11.8 Å². The largest absolute Gasteiger partial charge is 0.354 e. The Kier molecular flexibility index (Phi) is 8.66. The smallest absolute Gasteiger partial charge is 0.242 e. The van der Waals surface area contributed by atoms with Crippen molar-refractivity contribution >= 4 is 11.8 Å². The van der Waals surface area contributed by atoms with Gasteiger partial charge in [0, 0.05) is 7.11 Å². The molecule has 140 valence electrons. The van der Waals surface area contributed by atoms with Crippen LogP contribution < -0.4 is 16.4 Å². The molecule has 4 N–H and O–H groups in total. The highest BCUT2D eigenvalue weighted by atomic mass is 16.7. The van der Waals surface area contributed by atoms with E-state index >= 15 is 0 Å². The SMILES string of the molecule is COC1OCC[C@@H]1NC(=O)[C@H](CC(C)C)NC(=O)[C@@H](N)CC(C)C. The van der Waals surface area contributed by atoms with Gasteiger partial charge in [-0.1, -0.05) is 27.7 Å². The molecule has 0 aromatic carbocycles. The molecule has 0 radical (unpaired) electrons. The van der Waals surface area contributed by atoms with Crippen LogP contribution in [0.4, 0.5) is 0 Å². The van der Waals surface area contributed by atoms with Crippen LogP contribution in [0, 0.1) is 11.8 Å². The predicted octanol–water partition coefficient (Wildman–Crippen LogP) is 0.768. The summed E-state index contributed by atoms with van der Waals surface area (Å²) >= 11 is 0. The Morgan fingerprint density at radius 1 is 1.17 bits per heavy atom. The monoisotopic (exact) mass is 343 g/mol. The van der Waals surface area contributed by atoms with Crippen LogP contribution in [0.15, 0.2) is 0 Å². The lowest BCUT2D eigenvalue weighted by molar-refractivity contribution is -0.134. The van der Waals surface area contributed by atoms with Crippen LogP contribution in [0.1, 0.15) is 47.0 Å². The summed E-state index contributed by atoms with van der Waals surface area (Å²) in [6, 6.07) is -1.40. The molecule has 0 spiro atoms. The molecule has 1 rings (SSSR count). The summed E-state index contributed by atoms with van der Waals surface area (Å²) in [4.78, 5) is 24.9. The average molecular weight is 343 g/mol. The summed E-state index contributed by atoms with van der Waals surface area (Å²) in [5, 5.41) is 5.73. The van der Waals surface area contributed by atoms with Gasteiger partial charge in [0.1, 0.15) is 6.04 Å². The van der Waals surface area contributed by atoms with E-state index in [-0.39, 0.29) is 23.8 Å². The van der Waals surface area contributed by atoms with E-state index in [0.29, 0.717) is 31.8 Å². The molecule has 1 fully saturated rings. The summed E-state index contributed by atoms with van der Waals surface area (Å²) in [6.07, 6.45) is 1.40. The van der Waals surface area contributed by atoms with Crippen LogP contribution in [0.5, 0.6) is 0 Å². The standard InChI is InChI=1S/C17H33N3O4/c1-10(2)8-12(18)15(21)20-14(9-11(3)4)16(22)19-13-6-7-24-17(13)23-5/h10-14,17H,6-9,18H2,1-5H3,(H,19,22)(H,20,21)/t12-,13-,14-,17?/m0/s1. The van der Waals surface area contributed by atoms with Crippen molar-refractivity contribution in [1.82, 2.24) is 10.6 Å². The number of methoxy groups -OCH3 is 1. The number of carbonyl (C=O) groups excluding carboxylic acids is 2. The number of nitrogens with two attached hydrogens (primary N) is 1. The molecule has 0 aliphatic carbocycles. The Morgan fingerprint density at radius 3 is 2.33 bits per heavy atom. The number of hydrogen-bond acceptors (Lipinski definition) is 5. The van der Waals surface area contributed by atoms with Crippen LogP contribution in [-0.4, -0.2) is 49.9 Å². The van der Waals surface area contributed by atoms with Gasteiger partial charge in [-0.3, -0.25) is 9.59 Å². The molecule has 7 heteroatoms. The zero-order chi connectivity index (χ0) is 18.3. The molecule has 0 aromatic rings. The Hall–Kier alpha value is -1.18. The molecule has 1 aliphatic heterocycles. The van der Waals surface area contributed by atoms with Crippen molar-refractivity contribution in [2.45, 2.75) is 71.4 Å². The van der Waals surface area contributed by atoms with E-state index in [1.54, 1.807) is 7.11 Å². The van der Waals surface area contributed by atoms with Crippen molar-refractivity contribution in [3.63, 3.8) is 0 Å². The first-order valence-electron chi connectivity index (χ1n) is 8.75. The van der Waals surface area contributed by atoms with Gasteiger partial charge >= 0.3 is 0 Å². The van der Waals surface area contributed by atoms with Gasteiger partial charge in [-0.2, -0.15) is 0 Å². The molecule has 1 heterocycles. The van der Waals surface area contributed by atoms with Gasteiger partial charge in [-0.15, -0.1) is 0 Å². The number of amides is 2. The first-order chi connectivity index (χ1) is 11.2. The highest BCUT2D eigenvalue weighted by Gasteiger charge is 2.32. The molecule has 7 nitrogen and oxygen atoms in total. The quantitative estimate of drug-likeness (QED) is 0.574. The van der Waals surface area contributed by atoms with Crippen LogP contribution in [-0.2, 0) is 19.1 Å². The maximum Gasteiger partial charge on any atom is 0.242 e. The van der Waals surface area contributed by atoms with E-state index in [1.165, 1.54) is 0 Å². The van der Waals surface area contributed by atoms with Crippen LogP contribution in [0.3, 0.4) is 0 Å². The van der Waals surface area contributed by atoms with E-state index in [0.717, 1.165) is 0 Å². The second kappa shape index (κ2) is 9.96. The predicted molar refractivity (Wildman–Crippen MR) is 92.1 cm³/mol. The van der Waals surface area contributed by atoms with Crippen molar-refractivity contribution in [3.8, 4) is 0 Å². The Morgan fingerprint density at radius 2 is 1.79 bits per heavy atom.